The Hall–Kier alpha value is -2.34. The van der Waals surface area contributed by atoms with E-state index in [2.05, 4.69) is 91.0 Å². The summed E-state index contributed by atoms with van der Waals surface area (Å²) in [5.41, 5.74) is 4.45. The first-order valence-electron chi connectivity index (χ1n) is 10.5. The molecule has 0 aliphatic heterocycles. The highest BCUT2D eigenvalue weighted by molar-refractivity contribution is 5.21. The highest BCUT2D eigenvalue weighted by atomic mass is 14.2. The summed E-state index contributed by atoms with van der Waals surface area (Å²) in [4.78, 5) is 0. The van der Waals surface area contributed by atoms with Gasteiger partial charge < -0.3 is 0 Å². The lowest BCUT2D eigenvalue weighted by Crippen LogP contribution is -2.01. The molecule has 0 fully saturated rings. The van der Waals surface area contributed by atoms with E-state index in [-0.39, 0.29) is 0 Å². The van der Waals surface area contributed by atoms with Gasteiger partial charge in [-0.05, 0) is 54.7 Å². The molecule has 0 N–H and O–H groups in total. The van der Waals surface area contributed by atoms with Gasteiger partial charge in [0.25, 0.3) is 0 Å². The van der Waals surface area contributed by atoms with E-state index in [0.717, 1.165) is 0 Å². The zero-order valence-corrected chi connectivity index (χ0v) is 16.4. The van der Waals surface area contributed by atoms with Crippen molar-refractivity contribution in [3.63, 3.8) is 0 Å². The molecule has 0 aromatic heterocycles. The van der Waals surface area contributed by atoms with Crippen molar-refractivity contribution in [2.45, 2.75) is 57.3 Å². The van der Waals surface area contributed by atoms with Gasteiger partial charge in [-0.15, -0.1) is 0 Å². The molecule has 0 spiro atoms. The number of hydrogen-bond donors (Lipinski definition) is 0. The summed E-state index contributed by atoms with van der Waals surface area (Å²) in [6, 6.07) is 32.9. The fourth-order valence-corrected chi connectivity index (χ4v) is 3.91. The first-order chi connectivity index (χ1) is 13.4. The fourth-order valence-electron chi connectivity index (χ4n) is 3.91. The van der Waals surface area contributed by atoms with Gasteiger partial charge in [0.15, 0.2) is 0 Å². The molecule has 0 aliphatic carbocycles. The van der Waals surface area contributed by atoms with Gasteiger partial charge in [-0.25, -0.2) is 0 Å². The van der Waals surface area contributed by atoms with Crippen LogP contribution in [0.2, 0.25) is 0 Å². The Morgan fingerprint density at radius 1 is 0.444 bits per heavy atom. The molecule has 0 aliphatic rings. The topological polar surface area (TPSA) is 0 Å². The maximum absolute atomic E-state index is 2.31. The van der Waals surface area contributed by atoms with Crippen molar-refractivity contribution >= 4 is 0 Å². The standard InChI is InChI=1S/C27H32/c1(6-14-24-15-7-3-8-16-24)2-11-21-27(26-19-12-5-13-20-26)23-22-25-17-9-4-10-18-25/h3-5,7-10,12-13,15-20,27H,1-2,6,11,14,21-23H2. The maximum atomic E-state index is 2.31. The Kier molecular flexibility index (Phi) is 8.19. The average molecular weight is 357 g/mol. The molecule has 27 heavy (non-hydrogen) atoms. The van der Waals surface area contributed by atoms with Crippen LogP contribution in [0, 0.1) is 0 Å². The number of benzene rings is 3. The van der Waals surface area contributed by atoms with Crippen molar-refractivity contribution in [2.75, 3.05) is 0 Å². The lowest BCUT2D eigenvalue weighted by Gasteiger charge is -2.17. The number of aryl methyl sites for hydroxylation is 2. The minimum atomic E-state index is 0.681. The molecule has 0 heteroatoms. The Bertz CT molecular complexity index is 731. The van der Waals surface area contributed by atoms with Gasteiger partial charge in [0.1, 0.15) is 0 Å². The Morgan fingerprint density at radius 2 is 0.963 bits per heavy atom. The van der Waals surface area contributed by atoms with Gasteiger partial charge in [0, 0.05) is 0 Å². The smallest absolute Gasteiger partial charge is 0.0159 e. The molecule has 1 atom stereocenters. The molecule has 0 saturated heterocycles. The van der Waals surface area contributed by atoms with Crippen LogP contribution in [0.3, 0.4) is 0 Å². The molecule has 0 radical (unpaired) electrons. The van der Waals surface area contributed by atoms with E-state index in [4.69, 9.17) is 0 Å². The quantitative estimate of drug-likeness (QED) is 0.310. The van der Waals surface area contributed by atoms with Crippen molar-refractivity contribution < 1.29 is 0 Å². The third-order valence-corrected chi connectivity index (χ3v) is 5.51. The van der Waals surface area contributed by atoms with Crippen molar-refractivity contribution in [1.29, 1.82) is 0 Å². The number of rotatable bonds is 11. The van der Waals surface area contributed by atoms with E-state index in [1.807, 2.05) is 0 Å². The summed E-state index contributed by atoms with van der Waals surface area (Å²) in [6.07, 6.45) is 10.3. The Balaban J connectivity index is 1.42. The SMILES string of the molecule is c1ccc(CCCCCCC(CCc2ccccc2)c2ccccc2)cc1. The monoisotopic (exact) mass is 356 g/mol. The zero-order valence-electron chi connectivity index (χ0n) is 16.4. The van der Waals surface area contributed by atoms with Crippen molar-refractivity contribution in [1.82, 2.24) is 0 Å². The zero-order chi connectivity index (χ0) is 18.6. The van der Waals surface area contributed by atoms with Gasteiger partial charge in [-0.2, -0.15) is 0 Å². The van der Waals surface area contributed by atoms with Crippen molar-refractivity contribution in [3.8, 4) is 0 Å². The van der Waals surface area contributed by atoms with Crippen LogP contribution in [0.15, 0.2) is 91.0 Å². The number of unbranched alkanes of at least 4 members (excludes halogenated alkanes) is 3. The molecule has 3 aromatic rings. The third kappa shape index (κ3) is 7.06. The van der Waals surface area contributed by atoms with Crippen LogP contribution >= 0.6 is 0 Å². The van der Waals surface area contributed by atoms with Gasteiger partial charge >= 0.3 is 0 Å². The average Bonchev–Trinajstić information content (AvgIpc) is 2.75. The van der Waals surface area contributed by atoms with Crippen molar-refractivity contribution in [3.05, 3.63) is 108 Å². The van der Waals surface area contributed by atoms with Crippen molar-refractivity contribution in [2.24, 2.45) is 0 Å². The molecular weight excluding hydrogens is 324 g/mol. The molecule has 0 saturated carbocycles. The summed E-state index contributed by atoms with van der Waals surface area (Å²) >= 11 is 0. The second-order valence-corrected chi connectivity index (χ2v) is 7.57. The van der Waals surface area contributed by atoms with Gasteiger partial charge in [0.05, 0.1) is 0 Å². The van der Waals surface area contributed by atoms with Gasteiger partial charge in [-0.3, -0.25) is 0 Å². The van der Waals surface area contributed by atoms with Crippen LogP contribution in [-0.2, 0) is 12.8 Å². The molecular formula is C27H32. The lowest BCUT2D eigenvalue weighted by molar-refractivity contribution is 0.522. The fraction of sp³-hybridized carbons (Fsp3) is 0.333. The van der Waals surface area contributed by atoms with E-state index >= 15 is 0 Å². The second-order valence-electron chi connectivity index (χ2n) is 7.57. The molecule has 1 unspecified atom stereocenters. The van der Waals surface area contributed by atoms with Crippen LogP contribution in [-0.4, -0.2) is 0 Å². The van der Waals surface area contributed by atoms with Crippen LogP contribution in [0.25, 0.3) is 0 Å². The largest absolute Gasteiger partial charge is 0.0622 e. The normalized spacial score (nSPS) is 12.0. The van der Waals surface area contributed by atoms with E-state index in [1.54, 1.807) is 0 Å². The van der Waals surface area contributed by atoms with Crippen LogP contribution in [0.5, 0.6) is 0 Å². The Morgan fingerprint density at radius 3 is 1.59 bits per heavy atom. The minimum absolute atomic E-state index is 0.681. The van der Waals surface area contributed by atoms with Crippen LogP contribution < -0.4 is 0 Å². The first kappa shape index (κ1) is 19.4. The summed E-state index contributed by atoms with van der Waals surface area (Å²) in [6.45, 7) is 0. The molecule has 0 heterocycles. The highest BCUT2D eigenvalue weighted by Gasteiger charge is 2.11. The molecule has 0 amide bonds. The highest BCUT2D eigenvalue weighted by Crippen LogP contribution is 2.27. The molecule has 140 valence electrons. The van der Waals surface area contributed by atoms with E-state index in [0.29, 0.717) is 5.92 Å². The van der Waals surface area contributed by atoms with E-state index in [9.17, 15) is 0 Å². The molecule has 0 bridgehead atoms. The maximum Gasteiger partial charge on any atom is -0.0159 e. The van der Waals surface area contributed by atoms with Gasteiger partial charge in [0.2, 0.25) is 0 Å². The third-order valence-electron chi connectivity index (χ3n) is 5.51. The summed E-state index contributed by atoms with van der Waals surface area (Å²) < 4.78 is 0. The summed E-state index contributed by atoms with van der Waals surface area (Å²) in [7, 11) is 0. The lowest BCUT2D eigenvalue weighted by atomic mass is 9.88. The number of hydrogen-bond acceptors (Lipinski definition) is 0. The Labute approximate surface area is 165 Å². The summed E-state index contributed by atoms with van der Waals surface area (Å²) in [5, 5.41) is 0. The van der Waals surface area contributed by atoms with Crippen LogP contribution in [0.1, 0.15) is 61.1 Å². The van der Waals surface area contributed by atoms with Gasteiger partial charge in [-0.1, -0.05) is 110 Å². The summed E-state index contributed by atoms with van der Waals surface area (Å²) in [5.74, 6) is 0.681. The van der Waals surface area contributed by atoms with E-state index < -0.39 is 0 Å². The second kappa shape index (κ2) is 11.4. The van der Waals surface area contributed by atoms with E-state index in [1.165, 1.54) is 68.1 Å². The predicted octanol–water partition coefficient (Wildman–Crippen LogP) is 7.60. The predicted molar refractivity (Wildman–Crippen MR) is 117 cm³/mol. The minimum Gasteiger partial charge on any atom is -0.0622 e. The molecule has 3 aromatic carbocycles. The first-order valence-corrected chi connectivity index (χ1v) is 10.5. The molecule has 3 rings (SSSR count). The molecule has 0 nitrogen and oxygen atoms in total. The van der Waals surface area contributed by atoms with Crippen LogP contribution in [0.4, 0.5) is 0 Å².